The molecule has 0 spiro atoms. The van der Waals surface area contributed by atoms with E-state index in [0.717, 1.165) is 12.5 Å². The topological polar surface area (TPSA) is 22.3 Å². The molecule has 4 rings (SSSR count). The highest BCUT2D eigenvalue weighted by molar-refractivity contribution is 5.82. The van der Waals surface area contributed by atoms with E-state index in [9.17, 15) is 0 Å². The Labute approximate surface area is 194 Å². The molecule has 2 heterocycles. The zero-order valence-corrected chi connectivity index (χ0v) is 19.9. The standard InChI is InChI=1S/C29H41N3/c1-2-3-18-31(19-9-12-27-23-30-29-14-8-7-13-28(27)29)20-15-25-16-21-32(22-17-25)24-26-10-5-4-6-11-26/h4-8,10-11,13-14,23,25,30H,2-3,9,12,15-22,24H2,1H3. The molecule has 2 aromatic carbocycles. The van der Waals surface area contributed by atoms with Gasteiger partial charge in [0.25, 0.3) is 0 Å². The van der Waals surface area contributed by atoms with Gasteiger partial charge in [0.2, 0.25) is 0 Å². The van der Waals surface area contributed by atoms with Gasteiger partial charge in [-0.25, -0.2) is 0 Å². The number of piperidine rings is 1. The summed E-state index contributed by atoms with van der Waals surface area (Å²) in [5.74, 6) is 0.903. The van der Waals surface area contributed by atoms with E-state index >= 15 is 0 Å². The normalized spacial score (nSPS) is 15.7. The molecule has 1 aliphatic heterocycles. The van der Waals surface area contributed by atoms with Gasteiger partial charge in [0.15, 0.2) is 0 Å². The van der Waals surface area contributed by atoms with E-state index in [0.29, 0.717) is 0 Å². The molecule has 0 radical (unpaired) electrons. The summed E-state index contributed by atoms with van der Waals surface area (Å²) in [6, 6.07) is 19.6. The highest BCUT2D eigenvalue weighted by Crippen LogP contribution is 2.23. The summed E-state index contributed by atoms with van der Waals surface area (Å²) >= 11 is 0. The maximum Gasteiger partial charge on any atom is 0.0456 e. The zero-order valence-electron chi connectivity index (χ0n) is 19.9. The molecule has 0 unspecified atom stereocenters. The van der Waals surface area contributed by atoms with E-state index in [1.54, 1.807) is 0 Å². The molecule has 3 heteroatoms. The maximum atomic E-state index is 3.43. The number of nitrogens with one attached hydrogen (secondary N) is 1. The zero-order chi connectivity index (χ0) is 22.0. The van der Waals surface area contributed by atoms with Crippen molar-refractivity contribution in [1.82, 2.24) is 14.8 Å². The molecule has 0 bridgehead atoms. The van der Waals surface area contributed by atoms with Crippen molar-refractivity contribution in [2.24, 2.45) is 5.92 Å². The van der Waals surface area contributed by atoms with E-state index < -0.39 is 0 Å². The van der Waals surface area contributed by atoms with E-state index in [4.69, 9.17) is 0 Å². The van der Waals surface area contributed by atoms with Crippen LogP contribution in [0.4, 0.5) is 0 Å². The average Bonchev–Trinajstić information content (AvgIpc) is 3.25. The first-order chi connectivity index (χ1) is 15.8. The monoisotopic (exact) mass is 431 g/mol. The largest absolute Gasteiger partial charge is 0.361 e. The SMILES string of the molecule is CCCCN(CCCc1c[nH]c2ccccc12)CCC1CCN(Cc2ccccc2)CC1. The molecule has 1 aromatic heterocycles. The Balaban J connectivity index is 1.19. The number of hydrogen-bond donors (Lipinski definition) is 1. The van der Waals surface area contributed by atoms with Crippen LogP contribution in [0.2, 0.25) is 0 Å². The second-order valence-electron chi connectivity index (χ2n) is 9.65. The van der Waals surface area contributed by atoms with Crippen LogP contribution >= 0.6 is 0 Å². The predicted molar refractivity (Wildman–Crippen MR) is 137 cm³/mol. The minimum Gasteiger partial charge on any atom is -0.361 e. The number of aromatic amines is 1. The Bertz CT molecular complexity index is 908. The molecule has 172 valence electrons. The number of para-hydroxylation sites is 1. The fraction of sp³-hybridized carbons (Fsp3) is 0.517. The van der Waals surface area contributed by atoms with Gasteiger partial charge in [-0.15, -0.1) is 0 Å². The first-order valence-corrected chi connectivity index (χ1v) is 12.9. The van der Waals surface area contributed by atoms with E-state index in [-0.39, 0.29) is 0 Å². The molecule has 0 saturated carbocycles. The molecule has 1 saturated heterocycles. The van der Waals surface area contributed by atoms with Crippen molar-refractivity contribution in [2.45, 2.75) is 58.4 Å². The van der Waals surface area contributed by atoms with Gasteiger partial charge in [-0.2, -0.15) is 0 Å². The number of likely N-dealkylation sites (tertiary alicyclic amines) is 1. The summed E-state index contributed by atoms with van der Waals surface area (Å²) in [5, 5.41) is 1.40. The van der Waals surface area contributed by atoms with Crippen LogP contribution in [0.1, 0.15) is 56.6 Å². The lowest BCUT2D eigenvalue weighted by molar-refractivity contribution is 0.157. The molecule has 1 aliphatic rings. The number of unbranched alkanes of at least 4 members (excludes halogenated alkanes) is 1. The van der Waals surface area contributed by atoms with Crippen molar-refractivity contribution in [3.05, 3.63) is 71.9 Å². The Morgan fingerprint density at radius 3 is 2.47 bits per heavy atom. The third-order valence-corrected chi connectivity index (χ3v) is 7.23. The van der Waals surface area contributed by atoms with Gasteiger partial charge in [-0.1, -0.05) is 61.9 Å². The molecular formula is C29H41N3. The van der Waals surface area contributed by atoms with Gasteiger partial charge in [-0.3, -0.25) is 4.90 Å². The third-order valence-electron chi connectivity index (χ3n) is 7.23. The number of aromatic nitrogens is 1. The lowest BCUT2D eigenvalue weighted by Crippen LogP contribution is -2.35. The van der Waals surface area contributed by atoms with Crippen molar-refractivity contribution in [2.75, 3.05) is 32.7 Å². The summed E-state index contributed by atoms with van der Waals surface area (Å²) in [4.78, 5) is 8.82. The molecule has 0 aliphatic carbocycles. The second kappa shape index (κ2) is 12.2. The average molecular weight is 432 g/mol. The molecule has 1 N–H and O–H groups in total. The number of fused-ring (bicyclic) bond motifs is 1. The minimum absolute atomic E-state index is 0.903. The quantitative estimate of drug-likeness (QED) is 0.353. The van der Waals surface area contributed by atoms with Gasteiger partial charge in [0.05, 0.1) is 0 Å². The van der Waals surface area contributed by atoms with Gasteiger partial charge >= 0.3 is 0 Å². The predicted octanol–water partition coefficient (Wildman–Crippen LogP) is 6.50. The highest BCUT2D eigenvalue weighted by Gasteiger charge is 2.20. The first-order valence-electron chi connectivity index (χ1n) is 12.9. The summed E-state index contributed by atoms with van der Waals surface area (Å²) in [6.07, 6.45) is 11.3. The third kappa shape index (κ3) is 6.70. The summed E-state index contributed by atoms with van der Waals surface area (Å²) in [7, 11) is 0. The van der Waals surface area contributed by atoms with Crippen molar-refractivity contribution < 1.29 is 0 Å². The fourth-order valence-corrected chi connectivity index (χ4v) is 5.19. The molecule has 0 amide bonds. The smallest absolute Gasteiger partial charge is 0.0456 e. The van der Waals surface area contributed by atoms with Crippen LogP contribution in [0.25, 0.3) is 10.9 Å². The van der Waals surface area contributed by atoms with Crippen LogP contribution in [0.3, 0.4) is 0 Å². The second-order valence-corrected chi connectivity index (χ2v) is 9.65. The number of benzene rings is 2. The van der Waals surface area contributed by atoms with E-state index in [1.807, 2.05) is 0 Å². The summed E-state index contributed by atoms with van der Waals surface area (Å²) in [6.45, 7) is 9.71. The van der Waals surface area contributed by atoms with Crippen LogP contribution in [-0.4, -0.2) is 47.5 Å². The fourth-order valence-electron chi connectivity index (χ4n) is 5.19. The van der Waals surface area contributed by atoms with Gasteiger partial charge in [0, 0.05) is 23.6 Å². The van der Waals surface area contributed by atoms with Gasteiger partial charge < -0.3 is 9.88 Å². The maximum absolute atomic E-state index is 3.43. The Kier molecular flexibility index (Phi) is 8.81. The lowest BCUT2D eigenvalue weighted by atomic mass is 9.93. The van der Waals surface area contributed by atoms with Crippen molar-refractivity contribution >= 4 is 10.9 Å². The minimum atomic E-state index is 0.903. The number of aryl methyl sites for hydroxylation is 1. The Morgan fingerprint density at radius 2 is 1.66 bits per heavy atom. The van der Waals surface area contributed by atoms with Crippen molar-refractivity contribution in [3.63, 3.8) is 0 Å². The lowest BCUT2D eigenvalue weighted by Gasteiger charge is -2.33. The van der Waals surface area contributed by atoms with E-state index in [2.05, 4.69) is 82.5 Å². The van der Waals surface area contributed by atoms with Crippen LogP contribution in [0, 0.1) is 5.92 Å². The first kappa shape index (κ1) is 23.1. The van der Waals surface area contributed by atoms with Gasteiger partial charge in [0.1, 0.15) is 0 Å². The molecule has 1 fully saturated rings. The summed E-state index contributed by atoms with van der Waals surface area (Å²) < 4.78 is 0. The number of nitrogens with zero attached hydrogens (tertiary/aromatic N) is 2. The van der Waals surface area contributed by atoms with Crippen LogP contribution < -0.4 is 0 Å². The highest BCUT2D eigenvalue weighted by atomic mass is 15.1. The van der Waals surface area contributed by atoms with Gasteiger partial charge in [-0.05, 0) is 94.4 Å². The molecule has 32 heavy (non-hydrogen) atoms. The van der Waals surface area contributed by atoms with Crippen LogP contribution in [0.15, 0.2) is 60.8 Å². The Morgan fingerprint density at radius 1 is 0.906 bits per heavy atom. The van der Waals surface area contributed by atoms with Crippen LogP contribution in [0.5, 0.6) is 0 Å². The van der Waals surface area contributed by atoms with Crippen molar-refractivity contribution in [3.8, 4) is 0 Å². The summed E-state index contributed by atoms with van der Waals surface area (Å²) in [5.41, 5.74) is 4.19. The van der Waals surface area contributed by atoms with E-state index in [1.165, 1.54) is 99.7 Å². The number of H-pyrrole nitrogens is 1. The molecular weight excluding hydrogens is 390 g/mol. The molecule has 3 aromatic rings. The Hall–Kier alpha value is -2.10. The van der Waals surface area contributed by atoms with Crippen LogP contribution in [-0.2, 0) is 13.0 Å². The number of hydrogen-bond acceptors (Lipinski definition) is 2. The number of rotatable bonds is 12. The van der Waals surface area contributed by atoms with Crippen molar-refractivity contribution in [1.29, 1.82) is 0 Å². The molecule has 3 nitrogen and oxygen atoms in total. The molecule has 0 atom stereocenters.